The van der Waals surface area contributed by atoms with Crippen LogP contribution in [0.4, 0.5) is 0 Å². The van der Waals surface area contributed by atoms with E-state index in [1.54, 1.807) is 0 Å². The van der Waals surface area contributed by atoms with Gasteiger partial charge in [-0.3, -0.25) is 0 Å². The number of hydrogen-bond donors (Lipinski definition) is 2. The molecule has 0 bridgehead atoms. The minimum Gasteiger partial charge on any atom is -0.314 e. The summed E-state index contributed by atoms with van der Waals surface area (Å²) in [7, 11) is -3.10. The Bertz CT molecular complexity index is 411. The predicted octanol–water partition coefficient (Wildman–Crippen LogP) is 1.73. The first kappa shape index (κ1) is 15.3. The van der Waals surface area contributed by atoms with Crippen LogP contribution >= 0.6 is 0 Å². The maximum Gasteiger partial charge on any atom is 0.211 e. The fourth-order valence-electron chi connectivity index (χ4n) is 2.98. The minimum atomic E-state index is -3.10. The zero-order chi connectivity index (χ0) is 14.3. The zero-order valence-corrected chi connectivity index (χ0v) is 13.4. The van der Waals surface area contributed by atoms with Gasteiger partial charge in [0.1, 0.15) is 0 Å². The largest absolute Gasteiger partial charge is 0.314 e. The van der Waals surface area contributed by atoms with Crippen LogP contribution in [0.2, 0.25) is 0 Å². The van der Waals surface area contributed by atoms with Gasteiger partial charge in [0.15, 0.2) is 0 Å². The quantitative estimate of drug-likeness (QED) is 0.669. The molecule has 2 saturated carbocycles. The van der Waals surface area contributed by atoms with Gasteiger partial charge < -0.3 is 5.32 Å². The molecule has 0 spiro atoms. The van der Waals surface area contributed by atoms with Gasteiger partial charge in [-0.05, 0) is 42.6 Å². The summed E-state index contributed by atoms with van der Waals surface area (Å²) in [6, 6.07) is 0.656. The van der Waals surface area contributed by atoms with Crippen LogP contribution in [-0.4, -0.2) is 33.3 Å². The summed E-state index contributed by atoms with van der Waals surface area (Å²) in [6.45, 7) is 10.2. The van der Waals surface area contributed by atoms with E-state index in [9.17, 15) is 8.42 Å². The van der Waals surface area contributed by atoms with Crippen molar-refractivity contribution < 1.29 is 8.42 Å². The van der Waals surface area contributed by atoms with Crippen molar-refractivity contribution in [1.82, 2.24) is 10.0 Å². The second-order valence-electron chi connectivity index (χ2n) is 7.25. The van der Waals surface area contributed by atoms with E-state index in [-0.39, 0.29) is 16.6 Å². The molecule has 0 amide bonds. The third-order valence-corrected chi connectivity index (χ3v) is 6.86. The molecule has 5 heteroatoms. The maximum absolute atomic E-state index is 11.9. The topological polar surface area (TPSA) is 58.2 Å². The Balaban J connectivity index is 1.66. The van der Waals surface area contributed by atoms with E-state index >= 15 is 0 Å². The Labute approximate surface area is 117 Å². The summed E-state index contributed by atoms with van der Waals surface area (Å²) in [4.78, 5) is 0. The van der Waals surface area contributed by atoms with Gasteiger partial charge in [-0.25, -0.2) is 13.1 Å². The van der Waals surface area contributed by atoms with Crippen molar-refractivity contribution in [2.75, 3.05) is 18.8 Å². The average molecular weight is 288 g/mol. The number of rotatable bonds is 8. The summed E-state index contributed by atoms with van der Waals surface area (Å²) < 4.78 is 26.6. The fourth-order valence-corrected chi connectivity index (χ4v) is 4.07. The summed E-state index contributed by atoms with van der Waals surface area (Å²) >= 11 is 0. The van der Waals surface area contributed by atoms with E-state index in [1.807, 2.05) is 0 Å². The monoisotopic (exact) mass is 288 g/mol. The molecule has 0 aromatic heterocycles. The lowest BCUT2D eigenvalue weighted by atomic mass is 10.0. The Morgan fingerprint density at radius 1 is 1.11 bits per heavy atom. The summed E-state index contributed by atoms with van der Waals surface area (Å²) in [5.41, 5.74) is 0.478. The van der Waals surface area contributed by atoms with Gasteiger partial charge in [0.2, 0.25) is 10.0 Å². The lowest BCUT2D eigenvalue weighted by Crippen LogP contribution is -2.31. The fraction of sp³-hybridized carbons (Fsp3) is 1.00. The van der Waals surface area contributed by atoms with Gasteiger partial charge in [-0.15, -0.1) is 0 Å². The molecular formula is C14H28N2O2S. The standard InChI is InChI=1S/C14H28N2O2S/c1-13(2)12(14(13,3)4)10-16-19(17,18)9-5-8-15-11-6-7-11/h11-12,15-16H,5-10H2,1-4H3. The first-order chi connectivity index (χ1) is 8.67. The number of sulfonamides is 1. The molecule has 0 atom stereocenters. The molecule has 0 unspecified atom stereocenters. The lowest BCUT2D eigenvalue weighted by Gasteiger charge is -2.08. The van der Waals surface area contributed by atoms with Crippen molar-refractivity contribution in [2.24, 2.45) is 16.7 Å². The molecule has 19 heavy (non-hydrogen) atoms. The molecule has 0 saturated heterocycles. The summed E-state index contributed by atoms with van der Waals surface area (Å²) in [5, 5.41) is 3.34. The number of nitrogens with one attached hydrogen (secondary N) is 2. The number of hydrogen-bond acceptors (Lipinski definition) is 3. The van der Waals surface area contributed by atoms with Gasteiger partial charge in [-0.2, -0.15) is 0 Å². The van der Waals surface area contributed by atoms with Crippen LogP contribution in [0.5, 0.6) is 0 Å². The Morgan fingerprint density at radius 3 is 2.16 bits per heavy atom. The van der Waals surface area contributed by atoms with Crippen molar-refractivity contribution in [3.05, 3.63) is 0 Å². The van der Waals surface area contributed by atoms with E-state index in [1.165, 1.54) is 12.8 Å². The highest BCUT2D eigenvalue weighted by atomic mass is 32.2. The third kappa shape index (κ3) is 3.50. The van der Waals surface area contributed by atoms with Crippen molar-refractivity contribution in [3.63, 3.8) is 0 Å². The van der Waals surface area contributed by atoms with Crippen LogP contribution in [0.1, 0.15) is 47.0 Å². The highest BCUT2D eigenvalue weighted by Crippen LogP contribution is 2.67. The molecule has 2 aliphatic rings. The molecule has 0 aliphatic heterocycles. The van der Waals surface area contributed by atoms with Gasteiger partial charge >= 0.3 is 0 Å². The van der Waals surface area contributed by atoms with Crippen LogP contribution in [0.3, 0.4) is 0 Å². The molecule has 0 heterocycles. The molecule has 0 aromatic carbocycles. The van der Waals surface area contributed by atoms with Gasteiger partial charge in [0, 0.05) is 12.6 Å². The second-order valence-corrected chi connectivity index (χ2v) is 9.17. The van der Waals surface area contributed by atoms with Crippen molar-refractivity contribution in [2.45, 2.75) is 53.0 Å². The summed E-state index contributed by atoms with van der Waals surface area (Å²) in [5.74, 6) is 0.680. The Hall–Kier alpha value is -0.130. The van der Waals surface area contributed by atoms with Crippen LogP contribution in [0, 0.1) is 16.7 Å². The average Bonchev–Trinajstić information content (AvgIpc) is 3.13. The maximum atomic E-state index is 11.9. The normalized spacial score (nSPS) is 25.5. The van der Waals surface area contributed by atoms with Crippen molar-refractivity contribution >= 4 is 10.0 Å². The molecule has 4 nitrogen and oxygen atoms in total. The van der Waals surface area contributed by atoms with Crippen molar-refractivity contribution in [3.8, 4) is 0 Å². The molecule has 2 N–H and O–H groups in total. The van der Waals surface area contributed by atoms with Crippen molar-refractivity contribution in [1.29, 1.82) is 0 Å². The molecular weight excluding hydrogens is 260 g/mol. The van der Waals surface area contributed by atoms with Crippen LogP contribution in [-0.2, 0) is 10.0 Å². The molecule has 0 radical (unpaired) electrons. The minimum absolute atomic E-state index is 0.236. The first-order valence-electron chi connectivity index (χ1n) is 7.37. The second kappa shape index (κ2) is 5.01. The first-order valence-corrected chi connectivity index (χ1v) is 9.03. The van der Waals surface area contributed by atoms with E-state index < -0.39 is 10.0 Å². The van der Waals surface area contributed by atoms with E-state index in [0.717, 1.165) is 6.54 Å². The van der Waals surface area contributed by atoms with Gasteiger partial charge in [-0.1, -0.05) is 27.7 Å². The molecule has 2 aliphatic carbocycles. The predicted molar refractivity (Wildman–Crippen MR) is 78.5 cm³/mol. The molecule has 2 fully saturated rings. The third-order valence-electron chi connectivity index (χ3n) is 5.43. The highest BCUT2D eigenvalue weighted by Gasteiger charge is 2.64. The smallest absolute Gasteiger partial charge is 0.211 e. The molecule has 2 rings (SSSR count). The van der Waals surface area contributed by atoms with E-state index in [0.29, 0.717) is 24.9 Å². The molecule has 0 aromatic rings. The Kier molecular flexibility index (Phi) is 4.02. The lowest BCUT2D eigenvalue weighted by molar-refractivity contribution is 0.457. The summed E-state index contributed by atoms with van der Waals surface area (Å²) in [6.07, 6.45) is 3.19. The Morgan fingerprint density at radius 2 is 1.68 bits per heavy atom. The van der Waals surface area contributed by atoms with Crippen LogP contribution < -0.4 is 10.0 Å². The SMILES string of the molecule is CC1(C)C(CNS(=O)(=O)CCCNC2CC2)C1(C)C. The van der Waals surface area contributed by atoms with Crippen LogP contribution in [0.25, 0.3) is 0 Å². The van der Waals surface area contributed by atoms with E-state index in [4.69, 9.17) is 0 Å². The van der Waals surface area contributed by atoms with Gasteiger partial charge in [0.25, 0.3) is 0 Å². The zero-order valence-electron chi connectivity index (χ0n) is 12.6. The van der Waals surface area contributed by atoms with Gasteiger partial charge in [0.05, 0.1) is 5.75 Å². The highest BCUT2D eigenvalue weighted by molar-refractivity contribution is 7.89. The van der Waals surface area contributed by atoms with Crippen LogP contribution in [0.15, 0.2) is 0 Å². The van der Waals surface area contributed by atoms with E-state index in [2.05, 4.69) is 37.7 Å². The molecule has 112 valence electrons.